The lowest BCUT2D eigenvalue weighted by Gasteiger charge is -2.14. The fraction of sp³-hybridized carbons (Fsp3) is 0.133. The third-order valence-electron chi connectivity index (χ3n) is 3.30. The molecule has 2 aromatic carbocycles. The molecule has 108 valence electrons. The normalized spacial score (nSPS) is 14.8. The van der Waals surface area contributed by atoms with Crippen molar-refractivity contribution in [2.24, 2.45) is 0 Å². The average Bonchev–Trinajstić information content (AvgIpc) is 2.75. The Hall–Kier alpha value is -1.10. The summed E-state index contributed by atoms with van der Waals surface area (Å²) in [5, 5.41) is 2.58. The van der Waals surface area contributed by atoms with Gasteiger partial charge in [-0.25, -0.2) is 4.39 Å². The van der Waals surface area contributed by atoms with Gasteiger partial charge in [0, 0.05) is 15.2 Å². The molecule has 21 heavy (non-hydrogen) atoms. The zero-order valence-corrected chi connectivity index (χ0v) is 13.7. The van der Waals surface area contributed by atoms with E-state index in [9.17, 15) is 9.18 Å². The molecule has 1 N–H and O–H groups in total. The van der Waals surface area contributed by atoms with Crippen molar-refractivity contribution in [2.75, 3.05) is 5.32 Å². The van der Waals surface area contributed by atoms with E-state index in [0.717, 1.165) is 5.56 Å². The Morgan fingerprint density at radius 2 is 2.00 bits per heavy atom. The van der Waals surface area contributed by atoms with Crippen molar-refractivity contribution in [3.05, 3.63) is 62.3 Å². The lowest BCUT2D eigenvalue weighted by atomic mass is 10.0. The quantitative estimate of drug-likeness (QED) is 0.715. The molecule has 0 aromatic heterocycles. The summed E-state index contributed by atoms with van der Waals surface area (Å²) in [5.74, 6) is -0.447. The van der Waals surface area contributed by atoms with Crippen LogP contribution in [-0.2, 0) is 11.2 Å². The van der Waals surface area contributed by atoms with Crippen LogP contribution in [-0.4, -0.2) is 5.91 Å². The van der Waals surface area contributed by atoms with Crippen LogP contribution in [0.15, 0.2) is 34.8 Å². The van der Waals surface area contributed by atoms with Crippen molar-refractivity contribution in [1.29, 1.82) is 0 Å². The summed E-state index contributed by atoms with van der Waals surface area (Å²) < 4.78 is 14.1. The van der Waals surface area contributed by atoms with Gasteiger partial charge in [0.15, 0.2) is 0 Å². The molecular weight excluding hydrogens is 380 g/mol. The zero-order valence-electron chi connectivity index (χ0n) is 10.6. The maximum atomic E-state index is 13.5. The number of halogens is 4. The Kier molecular flexibility index (Phi) is 3.95. The van der Waals surface area contributed by atoms with Gasteiger partial charge in [0.2, 0.25) is 5.91 Å². The molecule has 0 saturated carbocycles. The third-order valence-corrected chi connectivity index (χ3v) is 4.57. The summed E-state index contributed by atoms with van der Waals surface area (Å²) in [4.78, 5) is 11.4. The first-order valence-corrected chi connectivity index (χ1v) is 7.77. The molecule has 2 nitrogen and oxygen atoms in total. The Bertz CT molecular complexity index is 730. The molecule has 1 aliphatic heterocycles. The Balaban J connectivity index is 2.04. The SMILES string of the molecule is O=C1Cc2cc(C(Cl)c3cc(F)cc(Br)c3)c(Cl)cc2N1. The van der Waals surface area contributed by atoms with E-state index in [0.29, 0.717) is 32.7 Å². The largest absolute Gasteiger partial charge is 0.325 e. The van der Waals surface area contributed by atoms with Gasteiger partial charge in [-0.3, -0.25) is 4.79 Å². The molecule has 0 aliphatic carbocycles. The van der Waals surface area contributed by atoms with E-state index >= 15 is 0 Å². The van der Waals surface area contributed by atoms with Crippen LogP contribution in [0.25, 0.3) is 0 Å². The third kappa shape index (κ3) is 2.93. The highest BCUT2D eigenvalue weighted by Gasteiger charge is 2.23. The van der Waals surface area contributed by atoms with E-state index in [-0.39, 0.29) is 11.7 Å². The van der Waals surface area contributed by atoms with Crippen molar-refractivity contribution in [1.82, 2.24) is 0 Å². The monoisotopic (exact) mass is 387 g/mol. The summed E-state index contributed by atoms with van der Waals surface area (Å²) in [7, 11) is 0. The number of nitrogens with one attached hydrogen (secondary N) is 1. The average molecular weight is 389 g/mol. The standard InChI is InChI=1S/C15H9BrCl2FNO/c16-9-1-8(2-10(19)5-9)15(18)11-3-7-4-14(21)20-13(7)6-12(11)17/h1-3,5-6,15H,4H2,(H,20,21). The summed E-state index contributed by atoms with van der Waals surface area (Å²) >= 11 is 15.9. The number of fused-ring (bicyclic) bond motifs is 1. The van der Waals surface area contributed by atoms with Gasteiger partial charge in [0.25, 0.3) is 0 Å². The molecule has 0 saturated heterocycles. The number of hydrogen-bond donors (Lipinski definition) is 1. The zero-order chi connectivity index (χ0) is 15.1. The first-order chi connectivity index (χ1) is 9.94. The summed E-state index contributed by atoms with van der Waals surface area (Å²) in [6.45, 7) is 0. The summed E-state index contributed by atoms with van der Waals surface area (Å²) in [6.07, 6.45) is 0.302. The second-order valence-corrected chi connectivity index (χ2v) is 6.58. The van der Waals surface area contributed by atoms with Crippen LogP contribution in [0.5, 0.6) is 0 Å². The molecule has 0 spiro atoms. The number of carbonyl (C=O) groups excluding carboxylic acids is 1. The molecule has 0 radical (unpaired) electrons. The first-order valence-electron chi connectivity index (χ1n) is 6.16. The van der Waals surface area contributed by atoms with Gasteiger partial charge >= 0.3 is 0 Å². The van der Waals surface area contributed by atoms with Crippen molar-refractivity contribution in [3.63, 3.8) is 0 Å². The molecule has 3 rings (SSSR count). The Morgan fingerprint density at radius 1 is 1.24 bits per heavy atom. The topological polar surface area (TPSA) is 29.1 Å². The first kappa shape index (κ1) is 14.8. The van der Waals surface area contributed by atoms with Gasteiger partial charge in [-0.1, -0.05) is 27.5 Å². The number of anilines is 1. The van der Waals surface area contributed by atoms with Crippen LogP contribution < -0.4 is 5.32 Å². The molecule has 2 aromatic rings. The highest BCUT2D eigenvalue weighted by atomic mass is 79.9. The molecule has 1 aliphatic rings. The Morgan fingerprint density at radius 3 is 2.71 bits per heavy atom. The highest BCUT2D eigenvalue weighted by Crippen LogP contribution is 2.39. The minimum atomic E-state index is -0.592. The number of amides is 1. The molecular formula is C15H9BrCl2FNO. The van der Waals surface area contributed by atoms with Crippen LogP contribution in [0.3, 0.4) is 0 Å². The van der Waals surface area contributed by atoms with Gasteiger partial charge in [0.1, 0.15) is 5.82 Å². The molecule has 1 unspecified atom stereocenters. The maximum absolute atomic E-state index is 13.5. The van der Waals surface area contributed by atoms with E-state index in [1.165, 1.54) is 12.1 Å². The van der Waals surface area contributed by atoms with Gasteiger partial charge in [-0.15, -0.1) is 11.6 Å². The fourth-order valence-corrected chi connectivity index (χ4v) is 3.48. The molecule has 0 bridgehead atoms. The minimum Gasteiger partial charge on any atom is -0.325 e. The number of hydrogen-bond acceptors (Lipinski definition) is 1. The summed E-state index contributed by atoms with van der Waals surface area (Å²) in [5.41, 5.74) is 2.81. The molecule has 6 heteroatoms. The highest BCUT2D eigenvalue weighted by molar-refractivity contribution is 9.10. The van der Waals surface area contributed by atoms with E-state index < -0.39 is 5.38 Å². The van der Waals surface area contributed by atoms with Gasteiger partial charge in [-0.05, 0) is 47.0 Å². The van der Waals surface area contributed by atoms with Crippen LogP contribution >= 0.6 is 39.1 Å². The summed E-state index contributed by atoms with van der Waals surface area (Å²) in [6, 6.07) is 7.95. The smallest absolute Gasteiger partial charge is 0.228 e. The van der Waals surface area contributed by atoms with Crippen molar-refractivity contribution in [3.8, 4) is 0 Å². The maximum Gasteiger partial charge on any atom is 0.228 e. The predicted octanol–water partition coefficient (Wildman–Crippen LogP) is 5.06. The van der Waals surface area contributed by atoms with Crippen LogP contribution in [0, 0.1) is 5.82 Å². The van der Waals surface area contributed by atoms with E-state index in [2.05, 4.69) is 21.2 Å². The van der Waals surface area contributed by atoms with Crippen molar-refractivity contribution < 1.29 is 9.18 Å². The van der Waals surface area contributed by atoms with Crippen LogP contribution in [0.2, 0.25) is 5.02 Å². The molecule has 1 atom stereocenters. The van der Waals surface area contributed by atoms with Crippen molar-refractivity contribution in [2.45, 2.75) is 11.8 Å². The molecule has 1 heterocycles. The second kappa shape index (κ2) is 5.59. The van der Waals surface area contributed by atoms with E-state index in [4.69, 9.17) is 23.2 Å². The predicted molar refractivity (Wildman–Crippen MR) is 85.6 cm³/mol. The van der Waals surface area contributed by atoms with E-state index in [1.54, 1.807) is 18.2 Å². The van der Waals surface area contributed by atoms with Gasteiger partial charge in [0.05, 0.1) is 11.8 Å². The number of carbonyl (C=O) groups is 1. The van der Waals surface area contributed by atoms with Gasteiger partial charge < -0.3 is 5.32 Å². The number of alkyl halides is 1. The Labute approximate surface area is 139 Å². The lowest BCUT2D eigenvalue weighted by Crippen LogP contribution is -2.03. The van der Waals surface area contributed by atoms with Gasteiger partial charge in [-0.2, -0.15) is 0 Å². The number of benzene rings is 2. The van der Waals surface area contributed by atoms with Crippen molar-refractivity contribution >= 4 is 50.7 Å². The number of rotatable bonds is 2. The minimum absolute atomic E-state index is 0.0714. The van der Waals surface area contributed by atoms with Crippen LogP contribution in [0.4, 0.5) is 10.1 Å². The molecule has 0 fully saturated rings. The molecule has 1 amide bonds. The second-order valence-electron chi connectivity index (χ2n) is 4.82. The van der Waals surface area contributed by atoms with Crippen LogP contribution in [0.1, 0.15) is 22.1 Å². The fourth-order valence-electron chi connectivity index (χ4n) is 2.36. The van der Waals surface area contributed by atoms with E-state index in [1.807, 2.05) is 0 Å². The lowest BCUT2D eigenvalue weighted by molar-refractivity contribution is -0.115.